The predicted molar refractivity (Wildman–Crippen MR) is 87.9 cm³/mol. The number of benzene rings is 1. The monoisotopic (exact) mass is 334 g/mol. The lowest BCUT2D eigenvalue weighted by atomic mass is 10.2. The molecule has 4 nitrogen and oxygen atoms in total. The van der Waals surface area contributed by atoms with E-state index in [1.807, 2.05) is 20.8 Å². The second kappa shape index (κ2) is 5.92. The summed E-state index contributed by atoms with van der Waals surface area (Å²) in [5.41, 5.74) is 1.42. The molecule has 0 unspecified atom stereocenters. The van der Waals surface area contributed by atoms with E-state index in [-0.39, 0.29) is 11.9 Å². The van der Waals surface area contributed by atoms with Gasteiger partial charge in [-0.25, -0.2) is 14.2 Å². The Hall–Kier alpha value is -1.95. The largest absolute Gasteiger partial charge is 0.444 e. The van der Waals surface area contributed by atoms with Crippen LogP contribution in [0.2, 0.25) is 0 Å². The number of thiazole rings is 1. The van der Waals surface area contributed by atoms with Crippen molar-refractivity contribution >= 4 is 17.4 Å². The van der Waals surface area contributed by atoms with Crippen LogP contribution in [0.1, 0.15) is 31.3 Å². The first-order chi connectivity index (χ1) is 10.8. The Bertz CT molecular complexity index is 719. The van der Waals surface area contributed by atoms with Crippen molar-refractivity contribution < 1.29 is 13.9 Å². The summed E-state index contributed by atoms with van der Waals surface area (Å²) >= 11 is 1.55. The summed E-state index contributed by atoms with van der Waals surface area (Å²) in [4.78, 5) is 19.6. The summed E-state index contributed by atoms with van der Waals surface area (Å²) in [6, 6.07) is 6.32. The zero-order valence-corrected chi connectivity index (χ0v) is 14.2. The first-order valence-corrected chi connectivity index (χ1v) is 8.36. The standard InChI is InChI=1S/C17H19FN2O2S/c1-17(2,3)22-16(21)20-9-8-13-14(10-20)23-15(19-13)11-4-6-12(18)7-5-11/h4-7H,8-10H2,1-3H3. The number of amides is 1. The molecular formula is C17H19FN2O2S. The number of hydrogen-bond donors (Lipinski definition) is 0. The van der Waals surface area contributed by atoms with Gasteiger partial charge in [0, 0.05) is 23.4 Å². The van der Waals surface area contributed by atoms with E-state index in [9.17, 15) is 9.18 Å². The van der Waals surface area contributed by atoms with Crippen LogP contribution in [0.3, 0.4) is 0 Å². The molecule has 2 aromatic rings. The van der Waals surface area contributed by atoms with Crippen LogP contribution < -0.4 is 0 Å². The predicted octanol–water partition coefficient (Wildman–Crippen LogP) is 4.24. The topological polar surface area (TPSA) is 42.4 Å². The number of halogens is 1. The second-order valence-corrected chi connectivity index (χ2v) is 7.63. The fraction of sp³-hybridized carbons (Fsp3) is 0.412. The molecule has 122 valence electrons. The summed E-state index contributed by atoms with van der Waals surface area (Å²) in [5, 5.41) is 0.862. The molecule has 0 saturated carbocycles. The van der Waals surface area contributed by atoms with Crippen molar-refractivity contribution in [2.75, 3.05) is 6.54 Å². The van der Waals surface area contributed by atoms with E-state index in [1.54, 1.807) is 28.4 Å². The Morgan fingerprint density at radius 3 is 2.65 bits per heavy atom. The van der Waals surface area contributed by atoms with Gasteiger partial charge in [-0.2, -0.15) is 0 Å². The number of rotatable bonds is 1. The Labute approximate surface area is 138 Å². The molecule has 1 amide bonds. The van der Waals surface area contributed by atoms with Gasteiger partial charge in [-0.1, -0.05) is 0 Å². The zero-order chi connectivity index (χ0) is 16.6. The lowest BCUT2D eigenvalue weighted by molar-refractivity contribution is 0.0225. The minimum atomic E-state index is -0.496. The van der Waals surface area contributed by atoms with Crippen molar-refractivity contribution in [3.8, 4) is 10.6 Å². The first-order valence-electron chi connectivity index (χ1n) is 7.54. The molecule has 0 bridgehead atoms. The van der Waals surface area contributed by atoms with Gasteiger partial charge in [-0.05, 0) is 45.0 Å². The molecule has 1 aromatic carbocycles. The molecule has 6 heteroatoms. The van der Waals surface area contributed by atoms with Crippen LogP contribution in [0.15, 0.2) is 24.3 Å². The Morgan fingerprint density at radius 2 is 2.00 bits per heavy atom. The highest BCUT2D eigenvalue weighted by molar-refractivity contribution is 7.15. The van der Waals surface area contributed by atoms with E-state index in [2.05, 4.69) is 4.98 Å². The smallest absolute Gasteiger partial charge is 0.410 e. The van der Waals surface area contributed by atoms with Crippen LogP contribution >= 0.6 is 11.3 Å². The van der Waals surface area contributed by atoms with Gasteiger partial charge in [0.15, 0.2) is 0 Å². The maximum absolute atomic E-state index is 13.0. The van der Waals surface area contributed by atoms with Crippen molar-refractivity contribution in [1.29, 1.82) is 0 Å². The SMILES string of the molecule is CC(C)(C)OC(=O)N1CCc2nc(-c3ccc(F)cc3)sc2C1. The van der Waals surface area contributed by atoms with Crippen molar-refractivity contribution in [3.63, 3.8) is 0 Å². The number of carbonyl (C=O) groups excluding carboxylic acids is 1. The molecule has 1 aliphatic heterocycles. The Morgan fingerprint density at radius 1 is 1.30 bits per heavy atom. The molecule has 1 aliphatic rings. The quantitative estimate of drug-likeness (QED) is 0.783. The van der Waals surface area contributed by atoms with Gasteiger partial charge < -0.3 is 9.64 Å². The number of carbonyl (C=O) groups is 1. The van der Waals surface area contributed by atoms with Gasteiger partial charge in [-0.15, -0.1) is 11.3 Å². The summed E-state index contributed by atoms with van der Waals surface area (Å²) in [6.45, 7) is 6.70. The second-order valence-electron chi connectivity index (χ2n) is 6.55. The summed E-state index contributed by atoms with van der Waals surface area (Å²) in [5.74, 6) is -0.258. The molecule has 0 atom stereocenters. The fourth-order valence-corrected chi connectivity index (χ4v) is 3.52. The van der Waals surface area contributed by atoms with Crippen LogP contribution in [0.25, 0.3) is 10.6 Å². The van der Waals surface area contributed by atoms with Gasteiger partial charge in [-0.3, -0.25) is 0 Å². The molecule has 0 fully saturated rings. The van der Waals surface area contributed by atoms with E-state index < -0.39 is 5.60 Å². The maximum Gasteiger partial charge on any atom is 0.410 e. The van der Waals surface area contributed by atoms with Gasteiger partial charge >= 0.3 is 6.09 Å². The third kappa shape index (κ3) is 3.69. The molecular weight excluding hydrogens is 315 g/mol. The molecule has 1 aromatic heterocycles. The first kappa shape index (κ1) is 15.9. The van der Waals surface area contributed by atoms with E-state index in [0.29, 0.717) is 19.5 Å². The highest BCUT2D eigenvalue weighted by Gasteiger charge is 2.27. The van der Waals surface area contributed by atoms with Crippen LogP contribution in [0.5, 0.6) is 0 Å². The fourth-order valence-electron chi connectivity index (χ4n) is 2.39. The van der Waals surface area contributed by atoms with Crippen LogP contribution in [0.4, 0.5) is 9.18 Å². The number of hydrogen-bond acceptors (Lipinski definition) is 4. The highest BCUT2D eigenvalue weighted by atomic mass is 32.1. The van der Waals surface area contributed by atoms with Gasteiger partial charge in [0.2, 0.25) is 0 Å². The molecule has 23 heavy (non-hydrogen) atoms. The van der Waals surface area contributed by atoms with Crippen LogP contribution in [0, 0.1) is 5.82 Å². The normalized spacial score (nSPS) is 14.5. The third-order valence-electron chi connectivity index (χ3n) is 3.47. The van der Waals surface area contributed by atoms with Crippen molar-refractivity contribution in [1.82, 2.24) is 9.88 Å². The minimum absolute atomic E-state index is 0.258. The average molecular weight is 334 g/mol. The molecule has 2 heterocycles. The lowest BCUT2D eigenvalue weighted by Crippen LogP contribution is -2.39. The zero-order valence-electron chi connectivity index (χ0n) is 13.4. The van der Waals surface area contributed by atoms with E-state index in [1.165, 1.54) is 12.1 Å². The van der Waals surface area contributed by atoms with Crippen molar-refractivity contribution in [2.45, 2.75) is 39.3 Å². The Kier molecular flexibility index (Phi) is 4.10. The van der Waals surface area contributed by atoms with E-state index in [0.717, 1.165) is 21.1 Å². The average Bonchev–Trinajstić information content (AvgIpc) is 2.89. The van der Waals surface area contributed by atoms with Gasteiger partial charge in [0.25, 0.3) is 0 Å². The lowest BCUT2D eigenvalue weighted by Gasteiger charge is -2.29. The number of ether oxygens (including phenoxy) is 1. The minimum Gasteiger partial charge on any atom is -0.444 e. The third-order valence-corrected chi connectivity index (χ3v) is 4.61. The summed E-state index contributed by atoms with van der Waals surface area (Å²) in [7, 11) is 0. The Balaban J connectivity index is 1.77. The van der Waals surface area contributed by atoms with Gasteiger partial charge in [0.1, 0.15) is 16.4 Å². The number of nitrogens with zero attached hydrogens (tertiary/aromatic N) is 2. The van der Waals surface area contributed by atoms with Crippen LogP contribution in [-0.4, -0.2) is 28.1 Å². The summed E-state index contributed by atoms with van der Waals surface area (Å²) < 4.78 is 18.5. The molecule has 3 rings (SSSR count). The van der Waals surface area contributed by atoms with Gasteiger partial charge in [0.05, 0.1) is 12.2 Å². The van der Waals surface area contributed by atoms with Crippen molar-refractivity contribution in [2.24, 2.45) is 0 Å². The summed E-state index contributed by atoms with van der Waals surface area (Å²) in [6.07, 6.45) is 0.423. The maximum atomic E-state index is 13.0. The molecule has 0 N–H and O–H groups in total. The van der Waals surface area contributed by atoms with Crippen LogP contribution in [-0.2, 0) is 17.7 Å². The van der Waals surface area contributed by atoms with Crippen molar-refractivity contribution in [3.05, 3.63) is 40.7 Å². The molecule has 0 spiro atoms. The molecule has 0 radical (unpaired) electrons. The van der Waals surface area contributed by atoms with E-state index >= 15 is 0 Å². The molecule has 0 saturated heterocycles. The highest BCUT2D eigenvalue weighted by Crippen LogP contribution is 2.32. The number of aromatic nitrogens is 1. The van der Waals surface area contributed by atoms with E-state index in [4.69, 9.17) is 4.74 Å². The molecule has 0 aliphatic carbocycles. The number of fused-ring (bicyclic) bond motifs is 1.